The van der Waals surface area contributed by atoms with Crippen molar-refractivity contribution in [2.75, 3.05) is 0 Å². The van der Waals surface area contributed by atoms with Crippen LogP contribution in [-0.4, -0.2) is 44.0 Å². The number of nitriles is 1. The predicted octanol–water partition coefficient (Wildman–Crippen LogP) is 6.02. The van der Waals surface area contributed by atoms with Gasteiger partial charge in [-0.15, -0.1) is 0 Å². The number of imidazole rings is 1. The average Bonchev–Trinajstić information content (AvgIpc) is 3.54. The summed E-state index contributed by atoms with van der Waals surface area (Å²) in [6.45, 7) is 5.18. The van der Waals surface area contributed by atoms with Crippen LogP contribution in [0.15, 0.2) is 18.5 Å². The number of carbonyl (C=O) groups is 2. The molecule has 2 aromatic heterocycles. The summed E-state index contributed by atoms with van der Waals surface area (Å²) < 4.78 is 61.3. The Bertz CT molecular complexity index is 1380. The highest BCUT2D eigenvalue weighted by molar-refractivity contribution is 5.77. The number of carbonyl (C=O) groups excluding carboxylic acids is 2. The lowest BCUT2D eigenvalue weighted by atomic mass is 9.79. The number of nitrogens with one attached hydrogen (secondary N) is 2. The van der Waals surface area contributed by atoms with E-state index in [2.05, 4.69) is 26.8 Å². The van der Waals surface area contributed by atoms with Crippen LogP contribution in [0.3, 0.4) is 0 Å². The van der Waals surface area contributed by atoms with Crippen LogP contribution in [-0.2, 0) is 9.53 Å². The molecule has 0 spiro atoms. The second kappa shape index (κ2) is 10.7. The molecule has 13 heteroatoms. The number of alkyl carbamates (subject to hydrolysis) is 1. The highest BCUT2D eigenvalue weighted by Gasteiger charge is 2.52. The van der Waals surface area contributed by atoms with Crippen LogP contribution in [0.4, 0.5) is 22.4 Å². The van der Waals surface area contributed by atoms with Gasteiger partial charge in [-0.2, -0.15) is 10.4 Å². The molecular weight excluding hydrogens is 556 g/mol. The maximum absolute atomic E-state index is 13.9. The second-order valence-electron chi connectivity index (χ2n) is 13.2. The molecule has 0 aliphatic heterocycles. The van der Waals surface area contributed by atoms with E-state index in [9.17, 15) is 32.4 Å². The Morgan fingerprint density at radius 3 is 2.36 bits per heavy atom. The largest absolute Gasteiger partial charge is 0.444 e. The first kappa shape index (κ1) is 30.0. The summed E-state index contributed by atoms with van der Waals surface area (Å²) in [6.07, 6.45) is 2.67. The van der Waals surface area contributed by atoms with Gasteiger partial charge in [0.2, 0.25) is 17.8 Å². The van der Waals surface area contributed by atoms with Crippen LogP contribution in [0.5, 0.6) is 0 Å². The molecule has 2 N–H and O–H groups in total. The van der Waals surface area contributed by atoms with Gasteiger partial charge in [0.25, 0.3) is 0 Å². The van der Waals surface area contributed by atoms with Crippen molar-refractivity contribution in [3.63, 3.8) is 0 Å². The van der Waals surface area contributed by atoms with Crippen LogP contribution in [0.1, 0.15) is 102 Å². The number of fused-ring (bicyclic) bond motifs is 1. The van der Waals surface area contributed by atoms with Gasteiger partial charge in [0.15, 0.2) is 5.65 Å². The Labute approximate surface area is 241 Å². The summed E-state index contributed by atoms with van der Waals surface area (Å²) in [5.74, 6) is -6.58. The molecule has 3 aliphatic carbocycles. The summed E-state index contributed by atoms with van der Waals surface area (Å²) >= 11 is 0. The van der Waals surface area contributed by atoms with Crippen molar-refractivity contribution >= 4 is 17.6 Å². The fourth-order valence-electron chi connectivity index (χ4n) is 6.03. The van der Waals surface area contributed by atoms with E-state index in [0.29, 0.717) is 29.7 Å². The molecular formula is C29H36F4N6O3. The molecule has 0 bridgehead atoms. The SMILES string of the molecule is CC(C)(C)OC(=O)N[C@H](c1cn2ncc([C@H](NC(=O)CC3CC(F)(F)C3)C3(C#N)CC3)cc2n1)C1CCC(F)(F)CC1. The van der Waals surface area contributed by atoms with E-state index < -0.39 is 52.9 Å². The zero-order valence-corrected chi connectivity index (χ0v) is 23.9. The molecule has 0 saturated heterocycles. The zero-order chi connectivity index (χ0) is 30.5. The first-order valence-electron chi connectivity index (χ1n) is 14.4. The molecule has 0 unspecified atom stereocenters. The molecule has 2 heterocycles. The number of rotatable bonds is 8. The maximum Gasteiger partial charge on any atom is 0.408 e. The van der Waals surface area contributed by atoms with Gasteiger partial charge in [-0.05, 0) is 69.9 Å². The van der Waals surface area contributed by atoms with Crippen LogP contribution in [0, 0.1) is 28.6 Å². The predicted molar refractivity (Wildman–Crippen MR) is 142 cm³/mol. The van der Waals surface area contributed by atoms with Gasteiger partial charge in [0.05, 0.1) is 41.7 Å². The Balaban J connectivity index is 1.39. The number of hydrogen-bond acceptors (Lipinski definition) is 6. The molecule has 0 radical (unpaired) electrons. The van der Waals surface area contributed by atoms with Crippen molar-refractivity contribution in [2.45, 2.75) is 108 Å². The molecule has 228 valence electrons. The van der Waals surface area contributed by atoms with Crippen LogP contribution in [0.2, 0.25) is 0 Å². The lowest BCUT2D eigenvalue weighted by molar-refractivity contribution is -0.134. The molecule has 5 rings (SSSR count). The third-order valence-corrected chi connectivity index (χ3v) is 8.44. The van der Waals surface area contributed by atoms with E-state index in [1.54, 1.807) is 33.0 Å². The third kappa shape index (κ3) is 6.79. The van der Waals surface area contributed by atoms with Crippen LogP contribution < -0.4 is 10.6 Å². The van der Waals surface area contributed by atoms with Crippen molar-refractivity contribution in [2.24, 2.45) is 17.3 Å². The van der Waals surface area contributed by atoms with E-state index in [1.165, 1.54) is 10.7 Å². The smallest absolute Gasteiger partial charge is 0.408 e. The molecule has 0 aromatic carbocycles. The van der Waals surface area contributed by atoms with E-state index in [-0.39, 0.29) is 50.9 Å². The lowest BCUT2D eigenvalue weighted by Gasteiger charge is -2.35. The van der Waals surface area contributed by atoms with Crippen molar-refractivity contribution < 1.29 is 31.9 Å². The van der Waals surface area contributed by atoms with Gasteiger partial charge in [0, 0.05) is 32.1 Å². The quantitative estimate of drug-likeness (QED) is 0.362. The topological polar surface area (TPSA) is 121 Å². The molecule has 2 amide bonds. The average molecular weight is 593 g/mol. The Kier molecular flexibility index (Phi) is 7.64. The molecule has 3 fully saturated rings. The standard InChI is InChI=1S/C29H36F4N6O3/c1-26(2,3)42-25(41)38-23(18-4-6-28(30,31)7-5-18)20-15-39-21(36-20)11-19(14-35-39)24(27(16-34)8-9-27)37-22(40)10-17-12-29(32,33)13-17/h11,14-15,17-18,23-24H,4-10,12-13H2,1-3H3,(H,37,40)(H,38,41)/t23-,24-/m0/s1. The van der Waals surface area contributed by atoms with Crippen molar-refractivity contribution in [1.29, 1.82) is 5.26 Å². The normalized spacial score (nSPS) is 22.8. The number of alkyl halides is 4. The van der Waals surface area contributed by atoms with Gasteiger partial charge < -0.3 is 15.4 Å². The van der Waals surface area contributed by atoms with E-state index >= 15 is 0 Å². The minimum atomic E-state index is -2.75. The molecule has 9 nitrogen and oxygen atoms in total. The Morgan fingerprint density at radius 1 is 1.12 bits per heavy atom. The van der Waals surface area contributed by atoms with Crippen LogP contribution in [0.25, 0.3) is 5.65 Å². The fraction of sp³-hybridized carbons (Fsp3) is 0.690. The summed E-state index contributed by atoms with van der Waals surface area (Å²) in [5, 5.41) is 20.0. The highest BCUT2D eigenvalue weighted by Crippen LogP contribution is 2.54. The zero-order valence-electron chi connectivity index (χ0n) is 23.9. The maximum atomic E-state index is 13.9. The van der Waals surface area contributed by atoms with E-state index in [1.807, 2.05) is 0 Å². The highest BCUT2D eigenvalue weighted by atomic mass is 19.3. The van der Waals surface area contributed by atoms with Gasteiger partial charge in [0.1, 0.15) is 5.60 Å². The minimum Gasteiger partial charge on any atom is -0.444 e. The molecule has 42 heavy (non-hydrogen) atoms. The number of amides is 2. The van der Waals surface area contributed by atoms with Crippen LogP contribution >= 0.6 is 0 Å². The fourth-order valence-corrected chi connectivity index (χ4v) is 6.03. The number of nitrogens with zero attached hydrogens (tertiary/aromatic N) is 4. The number of aromatic nitrogens is 3. The van der Waals surface area contributed by atoms with Crippen molar-refractivity contribution in [3.05, 3.63) is 29.7 Å². The van der Waals surface area contributed by atoms with E-state index in [0.717, 1.165) is 0 Å². The Hall–Kier alpha value is -3.43. The number of hydrogen-bond donors (Lipinski definition) is 2. The third-order valence-electron chi connectivity index (χ3n) is 8.44. The van der Waals surface area contributed by atoms with Crippen molar-refractivity contribution in [1.82, 2.24) is 25.2 Å². The van der Waals surface area contributed by atoms with E-state index in [4.69, 9.17) is 4.74 Å². The van der Waals surface area contributed by atoms with Crippen molar-refractivity contribution in [3.8, 4) is 6.07 Å². The number of ether oxygens (including phenoxy) is 1. The van der Waals surface area contributed by atoms with Gasteiger partial charge in [-0.25, -0.2) is 31.9 Å². The Morgan fingerprint density at radius 2 is 1.79 bits per heavy atom. The second-order valence-corrected chi connectivity index (χ2v) is 13.2. The monoisotopic (exact) mass is 592 g/mol. The molecule has 2 atom stereocenters. The molecule has 3 saturated carbocycles. The van der Waals surface area contributed by atoms with Gasteiger partial charge in [-0.1, -0.05) is 0 Å². The lowest BCUT2D eigenvalue weighted by Crippen LogP contribution is -2.40. The summed E-state index contributed by atoms with van der Waals surface area (Å²) in [7, 11) is 0. The summed E-state index contributed by atoms with van der Waals surface area (Å²) in [6, 6.07) is 2.58. The minimum absolute atomic E-state index is 0.0464. The summed E-state index contributed by atoms with van der Waals surface area (Å²) in [4.78, 5) is 30.2. The van der Waals surface area contributed by atoms with Gasteiger partial charge in [-0.3, -0.25) is 4.79 Å². The van der Waals surface area contributed by atoms with Gasteiger partial charge >= 0.3 is 6.09 Å². The first-order chi connectivity index (χ1) is 19.6. The first-order valence-corrected chi connectivity index (χ1v) is 14.4. The molecule has 2 aromatic rings. The number of halogens is 4. The summed E-state index contributed by atoms with van der Waals surface area (Å²) in [5.41, 5.74) is -0.245. The molecule has 3 aliphatic rings.